The Morgan fingerprint density at radius 1 is 1.27 bits per heavy atom. The fourth-order valence-corrected chi connectivity index (χ4v) is 4.60. The number of nitrogens with one attached hydrogen (secondary N) is 1. The molecule has 0 radical (unpaired) electrons. The normalized spacial score (nSPS) is 11.9. The Kier molecular flexibility index (Phi) is 6.48. The molecule has 0 saturated carbocycles. The molecule has 1 N–H and O–H groups in total. The van der Waals surface area contributed by atoms with E-state index in [1.54, 1.807) is 4.68 Å². The number of rotatable bonds is 6. The molecular weight excluding hydrogens is 406 g/mol. The van der Waals surface area contributed by atoms with Crippen LogP contribution in [0.3, 0.4) is 0 Å². The van der Waals surface area contributed by atoms with Gasteiger partial charge in [0.25, 0.3) is 0 Å². The number of carbonyl (C=O) groups is 1. The molecule has 4 nitrogen and oxygen atoms in total. The van der Waals surface area contributed by atoms with Gasteiger partial charge in [-0.3, -0.25) is 4.79 Å². The Bertz CT molecular complexity index is 938. The Labute approximate surface area is 170 Å². The van der Waals surface area contributed by atoms with Crippen LogP contribution in [-0.4, -0.2) is 21.4 Å². The zero-order valence-corrected chi connectivity index (χ0v) is 17.1. The SMILES string of the molecule is CC(NC(=O)CSc1nn(-c2ccccc2)c(=S)s1)c1ccc(Cl)cc1. The maximum absolute atomic E-state index is 12.2. The largest absolute Gasteiger partial charge is 0.349 e. The number of hydrogen-bond acceptors (Lipinski definition) is 5. The molecule has 3 rings (SSSR count). The van der Waals surface area contributed by atoms with E-state index in [1.807, 2.05) is 61.5 Å². The Balaban J connectivity index is 1.58. The van der Waals surface area contributed by atoms with Crippen LogP contribution in [0.4, 0.5) is 0 Å². The molecule has 26 heavy (non-hydrogen) atoms. The van der Waals surface area contributed by atoms with Crippen LogP contribution in [0.1, 0.15) is 18.5 Å². The van der Waals surface area contributed by atoms with Crippen molar-refractivity contribution in [3.63, 3.8) is 0 Å². The second-order valence-corrected chi connectivity index (χ2v) is 8.79. The summed E-state index contributed by atoms with van der Waals surface area (Å²) < 4.78 is 3.15. The first-order chi connectivity index (χ1) is 12.5. The maximum atomic E-state index is 12.2. The first-order valence-corrected chi connectivity index (χ1v) is 10.4. The van der Waals surface area contributed by atoms with E-state index < -0.39 is 0 Å². The summed E-state index contributed by atoms with van der Waals surface area (Å²) in [5.74, 6) is 0.236. The lowest BCUT2D eigenvalue weighted by Gasteiger charge is -2.14. The zero-order valence-electron chi connectivity index (χ0n) is 13.9. The molecule has 1 heterocycles. The molecule has 0 aliphatic heterocycles. The molecule has 0 saturated heterocycles. The summed E-state index contributed by atoms with van der Waals surface area (Å²) in [5.41, 5.74) is 1.93. The van der Waals surface area contributed by atoms with Crippen molar-refractivity contribution in [1.82, 2.24) is 15.1 Å². The van der Waals surface area contributed by atoms with Gasteiger partial charge in [0.15, 0.2) is 8.29 Å². The highest BCUT2D eigenvalue weighted by atomic mass is 35.5. The highest BCUT2D eigenvalue weighted by molar-refractivity contribution is 8.01. The van der Waals surface area contributed by atoms with Gasteiger partial charge >= 0.3 is 0 Å². The lowest BCUT2D eigenvalue weighted by molar-refractivity contribution is -0.119. The smallest absolute Gasteiger partial charge is 0.230 e. The molecule has 2 aromatic carbocycles. The summed E-state index contributed by atoms with van der Waals surface area (Å²) in [7, 11) is 0. The van der Waals surface area contributed by atoms with Crippen molar-refractivity contribution in [2.24, 2.45) is 0 Å². The lowest BCUT2D eigenvalue weighted by Crippen LogP contribution is -2.28. The summed E-state index contributed by atoms with van der Waals surface area (Å²) >= 11 is 14.1. The maximum Gasteiger partial charge on any atom is 0.230 e. The fraction of sp³-hybridized carbons (Fsp3) is 0.167. The van der Waals surface area contributed by atoms with Crippen molar-refractivity contribution in [2.45, 2.75) is 17.3 Å². The van der Waals surface area contributed by atoms with Crippen molar-refractivity contribution in [3.05, 3.63) is 69.1 Å². The van der Waals surface area contributed by atoms with Crippen LogP contribution in [-0.2, 0) is 4.79 Å². The van der Waals surface area contributed by atoms with Crippen LogP contribution in [0.5, 0.6) is 0 Å². The van der Waals surface area contributed by atoms with E-state index in [9.17, 15) is 4.79 Å². The molecule has 8 heteroatoms. The molecule has 0 fully saturated rings. The van der Waals surface area contributed by atoms with Crippen molar-refractivity contribution < 1.29 is 4.79 Å². The van der Waals surface area contributed by atoms with Gasteiger partial charge in [0.1, 0.15) is 0 Å². The summed E-state index contributed by atoms with van der Waals surface area (Å²) in [6.45, 7) is 1.94. The first kappa shape index (κ1) is 19.1. The van der Waals surface area contributed by atoms with E-state index >= 15 is 0 Å². The second kappa shape index (κ2) is 8.81. The van der Waals surface area contributed by atoms with Gasteiger partial charge in [0.2, 0.25) is 5.91 Å². The van der Waals surface area contributed by atoms with Gasteiger partial charge in [-0.15, -0.1) is 5.10 Å². The van der Waals surface area contributed by atoms with E-state index in [0.717, 1.165) is 15.6 Å². The summed E-state index contributed by atoms with van der Waals surface area (Å²) in [6, 6.07) is 17.1. The topological polar surface area (TPSA) is 46.9 Å². The average Bonchev–Trinajstić information content (AvgIpc) is 3.02. The summed E-state index contributed by atoms with van der Waals surface area (Å²) in [4.78, 5) is 12.2. The highest BCUT2D eigenvalue weighted by Gasteiger charge is 2.12. The van der Waals surface area contributed by atoms with E-state index in [1.165, 1.54) is 23.1 Å². The van der Waals surface area contributed by atoms with Crippen LogP contribution in [0.2, 0.25) is 5.02 Å². The van der Waals surface area contributed by atoms with Gasteiger partial charge in [-0.05, 0) is 49.0 Å². The Morgan fingerprint density at radius 3 is 2.65 bits per heavy atom. The number of benzene rings is 2. The Hall–Kier alpha value is -1.67. The molecule has 1 amide bonds. The number of aromatic nitrogens is 2. The molecular formula is C18H16ClN3OS3. The minimum Gasteiger partial charge on any atom is -0.349 e. The minimum absolute atomic E-state index is 0.0511. The third-order valence-electron chi connectivity index (χ3n) is 3.60. The third kappa shape index (κ3) is 4.94. The number of nitrogens with zero attached hydrogens (tertiary/aromatic N) is 2. The van der Waals surface area contributed by atoms with Crippen LogP contribution in [0.15, 0.2) is 58.9 Å². The summed E-state index contributed by atoms with van der Waals surface area (Å²) in [5, 5.41) is 8.16. The fourth-order valence-electron chi connectivity index (χ4n) is 2.30. The van der Waals surface area contributed by atoms with Crippen molar-refractivity contribution in [1.29, 1.82) is 0 Å². The molecule has 0 spiro atoms. The highest BCUT2D eigenvalue weighted by Crippen LogP contribution is 2.24. The van der Waals surface area contributed by atoms with Crippen LogP contribution >= 0.6 is 46.9 Å². The molecule has 0 aliphatic rings. The number of carbonyl (C=O) groups excluding carboxylic acids is 1. The molecule has 134 valence electrons. The van der Waals surface area contributed by atoms with Crippen molar-refractivity contribution in [3.8, 4) is 5.69 Å². The average molecular weight is 422 g/mol. The predicted molar refractivity (Wildman–Crippen MR) is 111 cm³/mol. The Morgan fingerprint density at radius 2 is 1.96 bits per heavy atom. The first-order valence-electron chi connectivity index (χ1n) is 7.86. The van der Waals surface area contributed by atoms with Gasteiger partial charge in [0.05, 0.1) is 17.5 Å². The van der Waals surface area contributed by atoms with Crippen molar-refractivity contribution in [2.75, 3.05) is 5.75 Å². The standard InChI is InChI=1S/C18H16ClN3OS3/c1-12(13-7-9-14(19)10-8-13)20-16(23)11-25-17-21-22(18(24)26-17)15-5-3-2-4-6-15/h2-10,12H,11H2,1H3,(H,20,23). The lowest BCUT2D eigenvalue weighted by atomic mass is 10.1. The molecule has 1 aromatic heterocycles. The van der Waals surface area contributed by atoms with Crippen LogP contribution in [0.25, 0.3) is 5.69 Å². The number of thioether (sulfide) groups is 1. The molecule has 1 atom stereocenters. The van der Waals surface area contributed by atoms with Gasteiger partial charge in [0, 0.05) is 5.02 Å². The number of para-hydroxylation sites is 1. The van der Waals surface area contributed by atoms with Gasteiger partial charge in [-0.25, -0.2) is 4.68 Å². The predicted octanol–water partition coefficient (Wildman–Crippen LogP) is 5.29. The van der Waals surface area contributed by atoms with E-state index in [-0.39, 0.29) is 17.7 Å². The quantitative estimate of drug-likeness (QED) is 0.434. The van der Waals surface area contributed by atoms with Crippen LogP contribution in [0, 0.1) is 3.95 Å². The van der Waals surface area contributed by atoms with Crippen LogP contribution < -0.4 is 5.32 Å². The van der Waals surface area contributed by atoms with Gasteiger partial charge in [-0.1, -0.05) is 65.0 Å². The summed E-state index contributed by atoms with van der Waals surface area (Å²) in [6.07, 6.45) is 0. The minimum atomic E-state index is -0.0829. The van der Waals surface area contributed by atoms with Crippen molar-refractivity contribution >= 4 is 52.8 Å². The number of halogens is 1. The number of amides is 1. The second-order valence-electron chi connectivity index (χ2n) is 5.51. The molecule has 0 aliphatic carbocycles. The molecule has 1 unspecified atom stereocenters. The number of hydrogen-bond donors (Lipinski definition) is 1. The third-order valence-corrected chi connectivity index (χ3v) is 6.22. The van der Waals surface area contributed by atoms with Gasteiger partial charge in [-0.2, -0.15) is 0 Å². The zero-order chi connectivity index (χ0) is 18.5. The van der Waals surface area contributed by atoms with E-state index in [4.69, 9.17) is 23.8 Å². The molecule has 0 bridgehead atoms. The van der Waals surface area contributed by atoms with E-state index in [2.05, 4.69) is 10.4 Å². The molecule has 3 aromatic rings. The monoisotopic (exact) mass is 421 g/mol. The van der Waals surface area contributed by atoms with E-state index in [0.29, 0.717) is 8.98 Å². The van der Waals surface area contributed by atoms with Gasteiger partial charge < -0.3 is 5.32 Å².